The van der Waals surface area contributed by atoms with Crippen molar-refractivity contribution in [1.29, 1.82) is 0 Å². The summed E-state index contributed by atoms with van der Waals surface area (Å²) in [5.41, 5.74) is 2.36. The van der Waals surface area contributed by atoms with Gasteiger partial charge in [-0.1, -0.05) is 43.3 Å². The molecule has 6 nitrogen and oxygen atoms in total. The maximum Gasteiger partial charge on any atom is 0.295 e. The fraction of sp³-hybridized carbons (Fsp3) is 0.273. The highest BCUT2D eigenvalue weighted by Crippen LogP contribution is 2.20. The summed E-state index contributed by atoms with van der Waals surface area (Å²) < 4.78 is 9.17. The van der Waals surface area contributed by atoms with Gasteiger partial charge in [0.2, 0.25) is 0 Å². The van der Waals surface area contributed by atoms with Gasteiger partial charge in [0.1, 0.15) is 11.4 Å². The Bertz CT molecular complexity index is 1030. The highest BCUT2D eigenvalue weighted by molar-refractivity contribution is 5.94. The second kappa shape index (κ2) is 8.17. The Morgan fingerprint density at radius 2 is 1.71 bits per heavy atom. The fourth-order valence-corrected chi connectivity index (χ4v) is 3.08. The maximum absolute atomic E-state index is 13.0. The van der Waals surface area contributed by atoms with E-state index in [4.69, 9.17) is 4.74 Å². The van der Waals surface area contributed by atoms with Crippen molar-refractivity contribution >= 4 is 11.6 Å². The first kappa shape index (κ1) is 19.5. The standard InChI is InChI=1S/C22H25N3O3/c1-5-18(28-19-14-10-9-11-15(19)2)21(26)23-20-16(3)24(4)25(22(20)27)17-12-7-6-8-13-17/h6-14,18H,5H2,1-4H3,(H,23,26)/t18-/m0/s1. The molecule has 0 radical (unpaired) electrons. The zero-order chi connectivity index (χ0) is 20.3. The lowest BCUT2D eigenvalue weighted by molar-refractivity contribution is -0.122. The summed E-state index contributed by atoms with van der Waals surface area (Å²) in [6, 6.07) is 16.9. The molecule has 1 N–H and O–H groups in total. The molecule has 1 aromatic heterocycles. The minimum atomic E-state index is -0.690. The first-order valence-electron chi connectivity index (χ1n) is 9.31. The zero-order valence-corrected chi connectivity index (χ0v) is 16.6. The summed E-state index contributed by atoms with van der Waals surface area (Å²) in [6.45, 7) is 5.61. The molecule has 28 heavy (non-hydrogen) atoms. The van der Waals surface area contributed by atoms with Crippen LogP contribution in [0, 0.1) is 13.8 Å². The lowest BCUT2D eigenvalue weighted by atomic mass is 10.2. The number of nitrogens with one attached hydrogen (secondary N) is 1. The normalized spacial score (nSPS) is 11.9. The van der Waals surface area contributed by atoms with Crippen LogP contribution < -0.4 is 15.6 Å². The quantitative estimate of drug-likeness (QED) is 0.712. The number of benzene rings is 2. The van der Waals surface area contributed by atoms with E-state index < -0.39 is 6.10 Å². The predicted molar refractivity (Wildman–Crippen MR) is 110 cm³/mol. The van der Waals surface area contributed by atoms with Crippen molar-refractivity contribution in [2.24, 2.45) is 7.05 Å². The van der Waals surface area contributed by atoms with Gasteiger partial charge in [0.25, 0.3) is 11.5 Å². The lowest BCUT2D eigenvalue weighted by Gasteiger charge is -2.18. The molecule has 0 aliphatic heterocycles. The Labute approximate surface area is 164 Å². The van der Waals surface area contributed by atoms with Crippen LogP contribution in [0.5, 0.6) is 5.75 Å². The third kappa shape index (κ3) is 3.71. The molecule has 0 unspecified atom stereocenters. The molecule has 3 aromatic rings. The highest BCUT2D eigenvalue weighted by Gasteiger charge is 2.24. The Hall–Kier alpha value is -3.28. The number of anilines is 1. The van der Waals surface area contributed by atoms with Crippen molar-refractivity contribution in [2.75, 3.05) is 5.32 Å². The van der Waals surface area contributed by atoms with Gasteiger partial charge in [-0.25, -0.2) is 4.68 Å². The summed E-state index contributed by atoms with van der Waals surface area (Å²) in [7, 11) is 1.79. The molecule has 1 amide bonds. The van der Waals surface area contributed by atoms with Gasteiger partial charge in [-0.15, -0.1) is 0 Å². The summed E-state index contributed by atoms with van der Waals surface area (Å²) in [6.07, 6.45) is -0.205. The number of rotatable bonds is 6. The first-order chi connectivity index (χ1) is 13.4. The molecular formula is C22H25N3O3. The lowest BCUT2D eigenvalue weighted by Crippen LogP contribution is -2.34. The molecule has 0 saturated carbocycles. The van der Waals surface area contributed by atoms with Crippen molar-refractivity contribution in [3.8, 4) is 11.4 Å². The van der Waals surface area contributed by atoms with Gasteiger partial charge in [-0.3, -0.25) is 14.3 Å². The van der Waals surface area contributed by atoms with Gasteiger partial charge in [-0.2, -0.15) is 0 Å². The molecule has 2 aromatic carbocycles. The highest BCUT2D eigenvalue weighted by atomic mass is 16.5. The number of para-hydroxylation sites is 2. The Morgan fingerprint density at radius 1 is 1.07 bits per heavy atom. The van der Waals surface area contributed by atoms with E-state index in [-0.39, 0.29) is 17.2 Å². The van der Waals surface area contributed by atoms with Gasteiger partial charge in [0.15, 0.2) is 6.10 Å². The van der Waals surface area contributed by atoms with E-state index in [1.54, 1.807) is 18.7 Å². The number of ether oxygens (including phenoxy) is 1. The van der Waals surface area contributed by atoms with Crippen LogP contribution in [0.25, 0.3) is 5.69 Å². The second-order valence-electron chi connectivity index (χ2n) is 6.71. The van der Waals surface area contributed by atoms with E-state index in [0.29, 0.717) is 17.9 Å². The molecule has 0 aliphatic rings. The molecule has 0 bridgehead atoms. The van der Waals surface area contributed by atoms with Gasteiger partial charge in [-0.05, 0) is 44.0 Å². The number of carbonyl (C=O) groups excluding carboxylic acids is 1. The molecular weight excluding hydrogens is 354 g/mol. The maximum atomic E-state index is 13.0. The number of aromatic nitrogens is 2. The van der Waals surface area contributed by atoms with Crippen LogP contribution in [0.4, 0.5) is 5.69 Å². The Morgan fingerprint density at radius 3 is 2.36 bits per heavy atom. The largest absolute Gasteiger partial charge is 0.480 e. The number of nitrogens with zero attached hydrogens (tertiary/aromatic N) is 2. The van der Waals surface area contributed by atoms with Gasteiger partial charge < -0.3 is 10.1 Å². The molecule has 6 heteroatoms. The Kier molecular flexibility index (Phi) is 5.68. The molecule has 0 aliphatic carbocycles. The van der Waals surface area contributed by atoms with Crippen molar-refractivity contribution < 1.29 is 9.53 Å². The topological polar surface area (TPSA) is 65.3 Å². The molecule has 146 valence electrons. The molecule has 3 rings (SSSR count). The number of aryl methyl sites for hydroxylation is 1. The molecule has 0 fully saturated rings. The van der Waals surface area contributed by atoms with Crippen LogP contribution in [0.3, 0.4) is 0 Å². The number of hydrogen-bond acceptors (Lipinski definition) is 3. The van der Waals surface area contributed by atoms with Gasteiger partial charge in [0.05, 0.1) is 11.4 Å². The van der Waals surface area contributed by atoms with Crippen molar-refractivity contribution in [2.45, 2.75) is 33.3 Å². The first-order valence-corrected chi connectivity index (χ1v) is 9.31. The van der Waals surface area contributed by atoms with E-state index in [9.17, 15) is 9.59 Å². The van der Waals surface area contributed by atoms with Crippen molar-refractivity contribution in [3.63, 3.8) is 0 Å². The van der Waals surface area contributed by atoms with Gasteiger partial charge in [0, 0.05) is 7.05 Å². The van der Waals surface area contributed by atoms with Crippen LogP contribution in [0.1, 0.15) is 24.6 Å². The van der Waals surface area contributed by atoms with Crippen LogP contribution >= 0.6 is 0 Å². The third-order valence-electron chi connectivity index (χ3n) is 4.83. The van der Waals surface area contributed by atoms with Crippen molar-refractivity contribution in [1.82, 2.24) is 9.36 Å². The minimum Gasteiger partial charge on any atom is -0.480 e. The molecule has 0 saturated heterocycles. The average Bonchev–Trinajstić information content (AvgIpc) is 2.91. The minimum absolute atomic E-state index is 0.267. The van der Waals surface area contributed by atoms with Crippen LogP contribution in [0.2, 0.25) is 0 Å². The van der Waals surface area contributed by atoms with E-state index in [0.717, 1.165) is 11.3 Å². The summed E-state index contributed by atoms with van der Waals surface area (Å²) in [5, 5.41) is 2.78. The van der Waals surface area contributed by atoms with E-state index in [1.165, 1.54) is 4.68 Å². The molecule has 1 heterocycles. The summed E-state index contributed by atoms with van der Waals surface area (Å²) in [5.74, 6) is 0.327. The zero-order valence-electron chi connectivity index (χ0n) is 16.6. The number of carbonyl (C=O) groups is 1. The predicted octanol–water partition coefficient (Wildman–Crippen LogP) is 3.59. The average molecular weight is 379 g/mol. The Balaban J connectivity index is 1.88. The number of hydrogen-bond donors (Lipinski definition) is 1. The van der Waals surface area contributed by atoms with Gasteiger partial charge >= 0.3 is 0 Å². The SMILES string of the molecule is CC[C@H](Oc1ccccc1C)C(=O)Nc1c(C)n(C)n(-c2ccccc2)c1=O. The molecule has 0 spiro atoms. The van der Waals surface area contributed by atoms with Crippen LogP contribution in [-0.4, -0.2) is 21.4 Å². The number of amides is 1. The van der Waals surface area contributed by atoms with E-state index >= 15 is 0 Å². The fourth-order valence-electron chi connectivity index (χ4n) is 3.08. The van der Waals surface area contributed by atoms with Crippen molar-refractivity contribution in [3.05, 3.63) is 76.2 Å². The second-order valence-corrected chi connectivity index (χ2v) is 6.71. The third-order valence-corrected chi connectivity index (χ3v) is 4.83. The van der Waals surface area contributed by atoms with Crippen LogP contribution in [-0.2, 0) is 11.8 Å². The monoisotopic (exact) mass is 379 g/mol. The van der Waals surface area contributed by atoms with E-state index in [1.807, 2.05) is 68.4 Å². The summed E-state index contributed by atoms with van der Waals surface area (Å²) >= 11 is 0. The van der Waals surface area contributed by atoms with Crippen LogP contribution in [0.15, 0.2) is 59.4 Å². The van der Waals surface area contributed by atoms with E-state index in [2.05, 4.69) is 5.32 Å². The summed E-state index contributed by atoms with van der Waals surface area (Å²) in [4.78, 5) is 25.8. The molecule has 1 atom stereocenters. The smallest absolute Gasteiger partial charge is 0.295 e.